The molecule has 0 aromatic heterocycles. The monoisotopic (exact) mass is 283 g/mol. The Morgan fingerprint density at radius 1 is 1.37 bits per heavy atom. The Morgan fingerprint density at radius 2 is 2.16 bits per heavy atom. The second kappa shape index (κ2) is 9.35. The van der Waals surface area contributed by atoms with Crippen LogP contribution in [0.15, 0.2) is 24.3 Å². The quantitative estimate of drug-likeness (QED) is 0.694. The number of rotatable bonds is 9. The smallest absolute Gasteiger partial charge is 0.0546 e. The van der Waals surface area contributed by atoms with Crippen LogP contribution in [0.1, 0.15) is 32.3 Å². The van der Waals surface area contributed by atoms with Crippen molar-refractivity contribution in [2.24, 2.45) is 5.92 Å². The molecule has 19 heavy (non-hydrogen) atoms. The number of halogens is 1. The lowest BCUT2D eigenvalue weighted by Gasteiger charge is -2.21. The average molecular weight is 284 g/mol. The van der Waals surface area contributed by atoms with Gasteiger partial charge < -0.3 is 10.1 Å². The van der Waals surface area contributed by atoms with Gasteiger partial charge in [-0.1, -0.05) is 30.7 Å². The third-order valence-corrected chi connectivity index (χ3v) is 3.58. The Bertz CT molecular complexity index is 356. The third kappa shape index (κ3) is 6.95. The van der Waals surface area contributed by atoms with E-state index >= 15 is 0 Å². The normalized spacial score (nSPS) is 14.3. The summed E-state index contributed by atoms with van der Waals surface area (Å²) < 4.78 is 5.39. The lowest BCUT2D eigenvalue weighted by atomic mass is 9.94. The van der Waals surface area contributed by atoms with E-state index in [1.165, 1.54) is 12.0 Å². The van der Waals surface area contributed by atoms with Crippen molar-refractivity contribution in [1.82, 2.24) is 5.32 Å². The van der Waals surface area contributed by atoms with Gasteiger partial charge >= 0.3 is 0 Å². The van der Waals surface area contributed by atoms with E-state index < -0.39 is 0 Å². The molecule has 2 unspecified atom stereocenters. The van der Waals surface area contributed by atoms with Gasteiger partial charge in [-0.05, 0) is 62.9 Å². The largest absolute Gasteiger partial charge is 0.382 e. The number of methoxy groups -OCH3 is 1. The second-order valence-electron chi connectivity index (χ2n) is 5.19. The molecule has 2 atom stereocenters. The number of hydrogen-bond acceptors (Lipinski definition) is 2. The molecular weight excluding hydrogens is 258 g/mol. The summed E-state index contributed by atoms with van der Waals surface area (Å²) in [6.07, 6.45) is 3.58. The van der Waals surface area contributed by atoms with Gasteiger partial charge in [-0.25, -0.2) is 0 Å². The van der Waals surface area contributed by atoms with Crippen LogP contribution in [0.3, 0.4) is 0 Å². The van der Waals surface area contributed by atoms with E-state index in [2.05, 4.69) is 31.3 Å². The number of ether oxygens (including phenoxy) is 1. The summed E-state index contributed by atoms with van der Waals surface area (Å²) in [4.78, 5) is 0. The molecule has 2 nitrogen and oxygen atoms in total. The van der Waals surface area contributed by atoms with Crippen LogP contribution in [0, 0.1) is 5.92 Å². The molecule has 0 aliphatic rings. The summed E-state index contributed by atoms with van der Waals surface area (Å²) in [5, 5.41) is 4.33. The van der Waals surface area contributed by atoms with Gasteiger partial charge in [0.25, 0.3) is 0 Å². The predicted octanol–water partition coefficient (Wildman–Crippen LogP) is 3.92. The van der Waals surface area contributed by atoms with E-state index in [0.29, 0.717) is 12.0 Å². The fraction of sp³-hybridized carbons (Fsp3) is 0.625. The minimum Gasteiger partial charge on any atom is -0.382 e. The topological polar surface area (TPSA) is 21.3 Å². The van der Waals surface area contributed by atoms with E-state index in [4.69, 9.17) is 16.3 Å². The van der Waals surface area contributed by atoms with Crippen LogP contribution in [0.2, 0.25) is 5.02 Å². The fourth-order valence-corrected chi connectivity index (χ4v) is 2.50. The van der Waals surface area contributed by atoms with Gasteiger partial charge in [-0.15, -0.1) is 0 Å². The standard InChI is InChI=1S/C16H26ClNO/c1-4-8-18-12-15(9-13(2)19-3)10-14-6-5-7-16(17)11-14/h5-7,11,13,15,18H,4,8-10,12H2,1-3H3. The first kappa shape index (κ1) is 16.5. The average Bonchev–Trinajstić information content (AvgIpc) is 2.38. The Balaban J connectivity index is 2.56. The molecule has 0 amide bonds. The van der Waals surface area contributed by atoms with Gasteiger partial charge in [0, 0.05) is 12.1 Å². The fourth-order valence-electron chi connectivity index (χ4n) is 2.28. The zero-order valence-electron chi connectivity index (χ0n) is 12.3. The predicted molar refractivity (Wildman–Crippen MR) is 82.9 cm³/mol. The van der Waals surface area contributed by atoms with Crippen molar-refractivity contribution in [1.29, 1.82) is 0 Å². The zero-order chi connectivity index (χ0) is 14.1. The molecule has 0 fully saturated rings. The highest BCUT2D eigenvalue weighted by molar-refractivity contribution is 6.30. The summed E-state index contributed by atoms with van der Waals surface area (Å²) in [7, 11) is 1.78. The van der Waals surface area contributed by atoms with Gasteiger partial charge in [-0.3, -0.25) is 0 Å². The molecule has 1 N–H and O–H groups in total. The molecule has 0 saturated heterocycles. The van der Waals surface area contributed by atoms with Crippen LogP contribution >= 0.6 is 11.6 Å². The highest BCUT2D eigenvalue weighted by Crippen LogP contribution is 2.18. The van der Waals surface area contributed by atoms with Gasteiger partial charge in [0.2, 0.25) is 0 Å². The van der Waals surface area contributed by atoms with Crippen molar-refractivity contribution in [3.8, 4) is 0 Å². The Hall–Kier alpha value is -0.570. The molecular formula is C16H26ClNO. The molecule has 0 bridgehead atoms. The van der Waals surface area contributed by atoms with Crippen LogP contribution in [-0.4, -0.2) is 26.3 Å². The van der Waals surface area contributed by atoms with E-state index in [9.17, 15) is 0 Å². The van der Waals surface area contributed by atoms with Crippen LogP contribution in [-0.2, 0) is 11.2 Å². The van der Waals surface area contributed by atoms with Crippen molar-refractivity contribution in [2.45, 2.75) is 39.2 Å². The first-order valence-corrected chi connectivity index (χ1v) is 7.51. The Labute approximate surface area is 122 Å². The molecule has 1 aromatic carbocycles. The van der Waals surface area contributed by atoms with Crippen molar-refractivity contribution in [2.75, 3.05) is 20.2 Å². The minimum atomic E-state index is 0.299. The Morgan fingerprint density at radius 3 is 2.79 bits per heavy atom. The molecule has 1 aromatic rings. The highest BCUT2D eigenvalue weighted by atomic mass is 35.5. The van der Waals surface area contributed by atoms with Gasteiger partial charge in [0.15, 0.2) is 0 Å². The van der Waals surface area contributed by atoms with Crippen molar-refractivity contribution in [3.05, 3.63) is 34.9 Å². The highest BCUT2D eigenvalue weighted by Gasteiger charge is 2.13. The lowest BCUT2D eigenvalue weighted by molar-refractivity contribution is 0.0946. The van der Waals surface area contributed by atoms with E-state index in [-0.39, 0.29) is 0 Å². The van der Waals surface area contributed by atoms with Crippen LogP contribution in [0.5, 0.6) is 0 Å². The van der Waals surface area contributed by atoms with Gasteiger partial charge in [0.05, 0.1) is 6.10 Å². The van der Waals surface area contributed by atoms with Gasteiger partial charge in [-0.2, -0.15) is 0 Å². The molecule has 0 spiro atoms. The lowest BCUT2D eigenvalue weighted by Crippen LogP contribution is -2.27. The maximum absolute atomic E-state index is 6.05. The van der Waals surface area contributed by atoms with Crippen molar-refractivity contribution in [3.63, 3.8) is 0 Å². The number of hydrogen-bond donors (Lipinski definition) is 1. The number of benzene rings is 1. The van der Waals surface area contributed by atoms with Crippen LogP contribution in [0.4, 0.5) is 0 Å². The molecule has 0 heterocycles. The van der Waals surface area contributed by atoms with Crippen molar-refractivity contribution < 1.29 is 4.74 Å². The zero-order valence-corrected chi connectivity index (χ0v) is 13.0. The SMILES string of the molecule is CCCNCC(Cc1cccc(Cl)c1)CC(C)OC. The molecule has 0 aliphatic heterocycles. The summed E-state index contributed by atoms with van der Waals surface area (Å²) in [5.41, 5.74) is 1.30. The molecule has 108 valence electrons. The van der Waals surface area contributed by atoms with Gasteiger partial charge in [0.1, 0.15) is 0 Å². The molecule has 1 rings (SSSR count). The first-order valence-electron chi connectivity index (χ1n) is 7.13. The number of nitrogens with one attached hydrogen (secondary N) is 1. The van der Waals surface area contributed by atoms with Crippen LogP contribution < -0.4 is 5.32 Å². The van der Waals surface area contributed by atoms with E-state index in [1.54, 1.807) is 7.11 Å². The minimum absolute atomic E-state index is 0.299. The summed E-state index contributed by atoms with van der Waals surface area (Å²) in [5.74, 6) is 0.583. The summed E-state index contributed by atoms with van der Waals surface area (Å²) >= 11 is 6.05. The van der Waals surface area contributed by atoms with Crippen molar-refractivity contribution >= 4 is 11.6 Å². The molecule has 3 heteroatoms. The van der Waals surface area contributed by atoms with E-state index in [0.717, 1.165) is 31.0 Å². The molecule has 0 saturated carbocycles. The summed E-state index contributed by atoms with van der Waals surface area (Å²) in [6, 6.07) is 8.16. The maximum atomic E-state index is 6.05. The third-order valence-electron chi connectivity index (χ3n) is 3.34. The second-order valence-corrected chi connectivity index (χ2v) is 5.62. The maximum Gasteiger partial charge on any atom is 0.0546 e. The molecule has 0 aliphatic carbocycles. The van der Waals surface area contributed by atoms with E-state index in [1.807, 2.05) is 12.1 Å². The summed E-state index contributed by atoms with van der Waals surface area (Å²) in [6.45, 7) is 6.43. The first-order chi connectivity index (χ1) is 9.15. The Kier molecular flexibility index (Phi) is 8.11. The molecule has 0 radical (unpaired) electrons. The van der Waals surface area contributed by atoms with Crippen LogP contribution in [0.25, 0.3) is 0 Å².